The van der Waals surface area contributed by atoms with Crippen molar-refractivity contribution in [2.45, 2.75) is 12.7 Å². The Morgan fingerprint density at radius 3 is 2.22 bits per heavy atom. The van der Waals surface area contributed by atoms with Gasteiger partial charge in [0, 0.05) is 26.3 Å². The fraction of sp³-hybridized carbons (Fsp3) is 0.235. The van der Waals surface area contributed by atoms with Crippen LogP contribution in [0.4, 0.5) is 18.9 Å². The van der Waals surface area contributed by atoms with E-state index in [0.29, 0.717) is 0 Å². The largest absolute Gasteiger partial charge is 0.417 e. The first-order valence-electron chi connectivity index (χ1n) is 6.99. The van der Waals surface area contributed by atoms with Crippen LogP contribution in [0.5, 0.6) is 0 Å². The standard InChI is InChI=1S/C17H17F3N2O/c1-22(2)13-9-7-12(8-10-13)11-21-16(23)14-5-3-4-6-15(14)17(18,19)20/h3-10H,11H2,1-2H3,(H,21,23). The maximum atomic E-state index is 12.9. The van der Waals surface area contributed by atoms with E-state index in [4.69, 9.17) is 0 Å². The summed E-state index contributed by atoms with van der Waals surface area (Å²) >= 11 is 0. The van der Waals surface area contributed by atoms with Gasteiger partial charge in [-0.2, -0.15) is 13.2 Å². The van der Waals surface area contributed by atoms with Crippen molar-refractivity contribution in [3.8, 4) is 0 Å². The molecule has 6 heteroatoms. The first kappa shape index (κ1) is 16.9. The highest BCUT2D eigenvalue weighted by Crippen LogP contribution is 2.31. The average molecular weight is 322 g/mol. The zero-order chi connectivity index (χ0) is 17.0. The van der Waals surface area contributed by atoms with Gasteiger partial charge < -0.3 is 10.2 Å². The molecule has 3 nitrogen and oxygen atoms in total. The third-order valence-corrected chi connectivity index (χ3v) is 3.38. The SMILES string of the molecule is CN(C)c1ccc(CNC(=O)c2ccccc2C(F)(F)F)cc1. The number of rotatable bonds is 4. The zero-order valence-electron chi connectivity index (χ0n) is 12.8. The van der Waals surface area contributed by atoms with Crippen LogP contribution in [0.1, 0.15) is 21.5 Å². The Morgan fingerprint density at radius 1 is 1.04 bits per heavy atom. The maximum Gasteiger partial charge on any atom is 0.417 e. The van der Waals surface area contributed by atoms with E-state index < -0.39 is 17.6 Å². The van der Waals surface area contributed by atoms with Crippen LogP contribution in [-0.4, -0.2) is 20.0 Å². The molecule has 2 aromatic carbocycles. The number of nitrogens with one attached hydrogen (secondary N) is 1. The summed E-state index contributed by atoms with van der Waals surface area (Å²) in [6.07, 6.45) is -4.55. The van der Waals surface area contributed by atoms with Gasteiger partial charge in [0.05, 0.1) is 11.1 Å². The highest BCUT2D eigenvalue weighted by Gasteiger charge is 2.34. The van der Waals surface area contributed by atoms with Crippen molar-refractivity contribution >= 4 is 11.6 Å². The lowest BCUT2D eigenvalue weighted by molar-refractivity contribution is -0.137. The summed E-state index contributed by atoms with van der Waals surface area (Å²) in [5.41, 5.74) is 0.515. The molecule has 23 heavy (non-hydrogen) atoms. The van der Waals surface area contributed by atoms with Crippen LogP contribution in [0, 0.1) is 0 Å². The normalized spacial score (nSPS) is 11.2. The van der Waals surface area contributed by atoms with E-state index in [2.05, 4.69) is 5.32 Å². The Kier molecular flexibility index (Phi) is 4.93. The van der Waals surface area contributed by atoms with E-state index in [-0.39, 0.29) is 12.1 Å². The molecule has 0 spiro atoms. The second-order valence-electron chi connectivity index (χ2n) is 5.29. The number of hydrogen-bond donors (Lipinski definition) is 1. The van der Waals surface area contributed by atoms with E-state index >= 15 is 0 Å². The number of amides is 1. The van der Waals surface area contributed by atoms with Gasteiger partial charge >= 0.3 is 6.18 Å². The number of anilines is 1. The summed E-state index contributed by atoms with van der Waals surface area (Å²) in [5, 5.41) is 2.52. The van der Waals surface area contributed by atoms with E-state index in [1.165, 1.54) is 18.2 Å². The molecule has 0 saturated heterocycles. The Hall–Kier alpha value is -2.50. The van der Waals surface area contributed by atoms with Gasteiger partial charge in [-0.3, -0.25) is 4.79 Å². The fourth-order valence-electron chi connectivity index (χ4n) is 2.12. The lowest BCUT2D eigenvalue weighted by Gasteiger charge is -2.14. The predicted octanol–water partition coefficient (Wildman–Crippen LogP) is 3.70. The summed E-state index contributed by atoms with van der Waals surface area (Å²) < 4.78 is 38.7. The second-order valence-corrected chi connectivity index (χ2v) is 5.29. The van der Waals surface area contributed by atoms with Gasteiger partial charge in [0.1, 0.15) is 0 Å². The topological polar surface area (TPSA) is 32.3 Å². The van der Waals surface area contributed by atoms with Gasteiger partial charge in [-0.25, -0.2) is 0 Å². The highest BCUT2D eigenvalue weighted by molar-refractivity contribution is 5.95. The van der Waals surface area contributed by atoms with E-state index in [0.717, 1.165) is 17.3 Å². The lowest BCUT2D eigenvalue weighted by Crippen LogP contribution is -2.25. The first-order valence-corrected chi connectivity index (χ1v) is 6.99. The number of benzene rings is 2. The maximum absolute atomic E-state index is 12.9. The molecule has 0 atom stereocenters. The van der Waals surface area contributed by atoms with Crippen molar-refractivity contribution in [1.82, 2.24) is 5.32 Å². The Balaban J connectivity index is 2.08. The molecular weight excluding hydrogens is 305 g/mol. The minimum Gasteiger partial charge on any atom is -0.378 e. The fourth-order valence-corrected chi connectivity index (χ4v) is 2.12. The molecule has 0 radical (unpaired) electrons. The van der Waals surface area contributed by atoms with Crippen molar-refractivity contribution in [2.24, 2.45) is 0 Å². The summed E-state index contributed by atoms with van der Waals surface area (Å²) in [4.78, 5) is 14.0. The highest BCUT2D eigenvalue weighted by atomic mass is 19.4. The monoisotopic (exact) mass is 322 g/mol. The first-order chi connectivity index (χ1) is 10.8. The molecule has 1 N–H and O–H groups in total. The summed E-state index contributed by atoms with van der Waals surface area (Å²) in [7, 11) is 3.82. The van der Waals surface area contributed by atoms with Crippen LogP contribution in [0.15, 0.2) is 48.5 Å². The molecule has 0 unspecified atom stereocenters. The van der Waals surface area contributed by atoms with Gasteiger partial charge in [0.2, 0.25) is 0 Å². The molecule has 2 rings (SSSR count). The number of halogens is 3. The predicted molar refractivity (Wildman–Crippen MR) is 83.4 cm³/mol. The Bertz CT molecular complexity index is 679. The molecule has 0 aromatic heterocycles. The van der Waals surface area contributed by atoms with E-state index in [1.54, 1.807) is 0 Å². The number of carbonyl (C=O) groups is 1. The minimum absolute atomic E-state index is 0.165. The number of hydrogen-bond acceptors (Lipinski definition) is 2. The molecule has 1 amide bonds. The van der Waals surface area contributed by atoms with Gasteiger partial charge in [-0.1, -0.05) is 24.3 Å². The molecule has 0 bridgehead atoms. The van der Waals surface area contributed by atoms with Crippen molar-refractivity contribution in [2.75, 3.05) is 19.0 Å². The van der Waals surface area contributed by atoms with Crippen LogP contribution in [0.3, 0.4) is 0 Å². The summed E-state index contributed by atoms with van der Waals surface area (Å²) in [5.74, 6) is -0.741. The molecule has 2 aromatic rings. The number of alkyl halides is 3. The van der Waals surface area contributed by atoms with Gasteiger partial charge in [-0.05, 0) is 29.8 Å². The minimum atomic E-state index is -4.55. The van der Waals surface area contributed by atoms with Gasteiger partial charge in [0.15, 0.2) is 0 Å². The van der Waals surface area contributed by atoms with E-state index in [1.807, 2.05) is 43.3 Å². The van der Waals surface area contributed by atoms with Crippen LogP contribution in [0.25, 0.3) is 0 Å². The molecule has 122 valence electrons. The summed E-state index contributed by atoms with van der Waals surface area (Å²) in [6.45, 7) is 0.165. The molecule has 0 aliphatic rings. The van der Waals surface area contributed by atoms with Crippen LogP contribution in [-0.2, 0) is 12.7 Å². The third kappa shape index (κ3) is 4.25. The molecule has 0 aliphatic carbocycles. The van der Waals surface area contributed by atoms with Crippen molar-refractivity contribution in [1.29, 1.82) is 0 Å². The lowest BCUT2D eigenvalue weighted by atomic mass is 10.1. The third-order valence-electron chi connectivity index (χ3n) is 3.38. The van der Waals surface area contributed by atoms with Crippen LogP contribution in [0.2, 0.25) is 0 Å². The van der Waals surface area contributed by atoms with Crippen molar-refractivity contribution < 1.29 is 18.0 Å². The van der Waals surface area contributed by atoms with Crippen LogP contribution >= 0.6 is 0 Å². The Morgan fingerprint density at radius 2 is 1.65 bits per heavy atom. The Labute approximate surface area is 132 Å². The molecule has 0 aliphatic heterocycles. The quantitative estimate of drug-likeness (QED) is 0.931. The zero-order valence-corrected chi connectivity index (χ0v) is 12.8. The molecule has 0 heterocycles. The van der Waals surface area contributed by atoms with Gasteiger partial charge in [0.25, 0.3) is 5.91 Å². The van der Waals surface area contributed by atoms with E-state index in [9.17, 15) is 18.0 Å². The second kappa shape index (κ2) is 6.73. The van der Waals surface area contributed by atoms with Gasteiger partial charge in [-0.15, -0.1) is 0 Å². The number of carbonyl (C=O) groups excluding carboxylic acids is 1. The van der Waals surface area contributed by atoms with Crippen molar-refractivity contribution in [3.05, 3.63) is 65.2 Å². The smallest absolute Gasteiger partial charge is 0.378 e. The average Bonchev–Trinajstić information content (AvgIpc) is 2.52. The van der Waals surface area contributed by atoms with Crippen LogP contribution < -0.4 is 10.2 Å². The molecule has 0 fully saturated rings. The van der Waals surface area contributed by atoms with Crippen molar-refractivity contribution in [3.63, 3.8) is 0 Å². The summed E-state index contributed by atoms with van der Waals surface area (Å²) in [6, 6.07) is 12.2. The number of nitrogens with zero attached hydrogens (tertiary/aromatic N) is 1. The molecular formula is C17H17F3N2O. The molecule has 0 saturated carbocycles.